The summed E-state index contributed by atoms with van der Waals surface area (Å²) in [5.41, 5.74) is 0. The maximum Gasteiger partial charge on any atom is 0.326 e. The number of likely N-dealkylation sites (tertiary alicyclic amines) is 1. The van der Waals surface area contributed by atoms with Crippen LogP contribution in [0.1, 0.15) is 25.7 Å². The van der Waals surface area contributed by atoms with Crippen molar-refractivity contribution in [1.82, 2.24) is 10.2 Å². The van der Waals surface area contributed by atoms with Gasteiger partial charge in [0, 0.05) is 19.4 Å². The van der Waals surface area contributed by atoms with Crippen LogP contribution in [0.4, 0.5) is 0 Å². The molecule has 0 aromatic heterocycles. The molecule has 0 aromatic carbocycles. The lowest BCUT2D eigenvalue weighted by Crippen LogP contribution is -2.40. The molecule has 1 amide bonds. The molecule has 0 saturated carbocycles. The number of aliphatic carboxylic acids is 1. The van der Waals surface area contributed by atoms with Gasteiger partial charge in [0.2, 0.25) is 5.91 Å². The number of aliphatic hydroxyl groups is 1. The molecule has 6 nitrogen and oxygen atoms in total. The predicted octanol–water partition coefficient (Wildman–Crippen LogP) is -0.577. The molecule has 2 aliphatic heterocycles. The SMILES string of the molecule is O=C(O)[C@@H]1C[C@@H](O)CN1C(=O)CCC1CCNC1. The minimum absolute atomic E-state index is 0.145. The minimum Gasteiger partial charge on any atom is -0.480 e. The first-order valence-corrected chi connectivity index (χ1v) is 6.49. The van der Waals surface area contributed by atoms with Crippen LogP contribution in [0, 0.1) is 5.92 Å². The van der Waals surface area contributed by atoms with Gasteiger partial charge in [0.25, 0.3) is 0 Å². The summed E-state index contributed by atoms with van der Waals surface area (Å²) in [4.78, 5) is 24.3. The number of hydrogen-bond acceptors (Lipinski definition) is 4. The van der Waals surface area contributed by atoms with Crippen LogP contribution in [0.25, 0.3) is 0 Å². The van der Waals surface area contributed by atoms with E-state index in [-0.39, 0.29) is 18.9 Å². The molecule has 2 heterocycles. The molecular weight excluding hydrogens is 236 g/mol. The van der Waals surface area contributed by atoms with Crippen molar-refractivity contribution >= 4 is 11.9 Å². The van der Waals surface area contributed by atoms with E-state index in [1.807, 2.05) is 0 Å². The molecular formula is C12H20N2O4. The molecule has 2 fully saturated rings. The maximum atomic E-state index is 12.0. The number of aliphatic hydroxyl groups excluding tert-OH is 1. The largest absolute Gasteiger partial charge is 0.480 e. The Morgan fingerprint density at radius 3 is 2.78 bits per heavy atom. The highest BCUT2D eigenvalue weighted by atomic mass is 16.4. The highest BCUT2D eigenvalue weighted by Gasteiger charge is 2.38. The average molecular weight is 256 g/mol. The summed E-state index contributed by atoms with van der Waals surface area (Å²) in [6.07, 6.45) is 1.70. The van der Waals surface area contributed by atoms with Crippen molar-refractivity contribution in [3.05, 3.63) is 0 Å². The van der Waals surface area contributed by atoms with E-state index in [4.69, 9.17) is 5.11 Å². The fourth-order valence-corrected chi connectivity index (χ4v) is 2.76. The lowest BCUT2D eigenvalue weighted by molar-refractivity contribution is -0.148. The Hall–Kier alpha value is -1.14. The fourth-order valence-electron chi connectivity index (χ4n) is 2.76. The molecule has 0 aliphatic carbocycles. The number of amides is 1. The third-order valence-electron chi connectivity index (χ3n) is 3.81. The van der Waals surface area contributed by atoms with Crippen LogP contribution in [0.2, 0.25) is 0 Å². The fraction of sp³-hybridized carbons (Fsp3) is 0.833. The molecule has 3 N–H and O–H groups in total. The zero-order chi connectivity index (χ0) is 13.1. The molecule has 2 aliphatic rings. The number of nitrogens with one attached hydrogen (secondary N) is 1. The van der Waals surface area contributed by atoms with Crippen molar-refractivity contribution in [1.29, 1.82) is 0 Å². The maximum absolute atomic E-state index is 12.0. The Bertz CT molecular complexity index is 328. The van der Waals surface area contributed by atoms with Crippen LogP contribution >= 0.6 is 0 Å². The topological polar surface area (TPSA) is 89.9 Å². The second-order valence-corrected chi connectivity index (χ2v) is 5.19. The molecule has 0 bridgehead atoms. The van der Waals surface area contributed by atoms with Crippen molar-refractivity contribution in [2.24, 2.45) is 5.92 Å². The summed E-state index contributed by atoms with van der Waals surface area (Å²) in [5.74, 6) is -0.655. The van der Waals surface area contributed by atoms with Gasteiger partial charge < -0.3 is 20.4 Å². The molecule has 0 radical (unpaired) electrons. The van der Waals surface area contributed by atoms with Gasteiger partial charge in [0.15, 0.2) is 0 Å². The number of hydrogen-bond donors (Lipinski definition) is 3. The number of carboxylic acid groups (broad SMARTS) is 1. The molecule has 18 heavy (non-hydrogen) atoms. The Morgan fingerprint density at radius 2 is 2.17 bits per heavy atom. The van der Waals surface area contributed by atoms with Gasteiger partial charge in [-0.15, -0.1) is 0 Å². The van der Waals surface area contributed by atoms with Gasteiger partial charge in [-0.2, -0.15) is 0 Å². The highest BCUT2D eigenvalue weighted by Crippen LogP contribution is 2.21. The first kappa shape index (κ1) is 13.3. The quantitative estimate of drug-likeness (QED) is 0.626. The zero-order valence-corrected chi connectivity index (χ0v) is 10.3. The van der Waals surface area contributed by atoms with Crippen molar-refractivity contribution in [3.8, 4) is 0 Å². The first-order valence-electron chi connectivity index (χ1n) is 6.49. The number of carboxylic acids is 1. The molecule has 102 valence electrons. The Kier molecular flexibility index (Phi) is 4.19. The van der Waals surface area contributed by atoms with Crippen molar-refractivity contribution < 1.29 is 19.8 Å². The van der Waals surface area contributed by atoms with Gasteiger partial charge in [-0.1, -0.05) is 0 Å². The number of rotatable bonds is 4. The summed E-state index contributed by atoms with van der Waals surface area (Å²) in [7, 11) is 0. The van der Waals surface area contributed by atoms with E-state index in [1.165, 1.54) is 4.90 Å². The highest BCUT2D eigenvalue weighted by molar-refractivity contribution is 5.84. The van der Waals surface area contributed by atoms with E-state index in [1.54, 1.807) is 0 Å². The minimum atomic E-state index is -1.03. The van der Waals surface area contributed by atoms with E-state index in [0.29, 0.717) is 12.3 Å². The van der Waals surface area contributed by atoms with Crippen LogP contribution in [-0.2, 0) is 9.59 Å². The van der Waals surface area contributed by atoms with Crippen molar-refractivity contribution in [2.45, 2.75) is 37.8 Å². The Labute approximate surface area is 106 Å². The van der Waals surface area contributed by atoms with Crippen molar-refractivity contribution in [3.63, 3.8) is 0 Å². The summed E-state index contributed by atoms with van der Waals surface area (Å²) in [6, 6.07) is -0.853. The number of carbonyl (C=O) groups is 2. The second-order valence-electron chi connectivity index (χ2n) is 5.19. The van der Waals surface area contributed by atoms with Crippen LogP contribution in [0.3, 0.4) is 0 Å². The van der Waals surface area contributed by atoms with Gasteiger partial charge in [-0.25, -0.2) is 4.79 Å². The third kappa shape index (κ3) is 3.00. The number of β-amino-alcohol motifs (C(OH)–C–C–N with tert-alkyl or cyclic N) is 1. The van der Waals surface area contributed by atoms with E-state index in [9.17, 15) is 14.7 Å². The zero-order valence-electron chi connectivity index (χ0n) is 10.3. The van der Waals surface area contributed by atoms with Crippen LogP contribution in [0.15, 0.2) is 0 Å². The van der Waals surface area contributed by atoms with Gasteiger partial charge in [0.05, 0.1) is 6.10 Å². The van der Waals surface area contributed by atoms with Gasteiger partial charge in [-0.3, -0.25) is 4.79 Å². The summed E-state index contributed by atoms with van der Waals surface area (Å²) >= 11 is 0. The molecule has 1 unspecified atom stereocenters. The Balaban J connectivity index is 1.85. The molecule has 6 heteroatoms. The second kappa shape index (κ2) is 5.67. The summed E-state index contributed by atoms with van der Waals surface area (Å²) < 4.78 is 0. The number of nitrogens with zero attached hydrogens (tertiary/aromatic N) is 1. The van der Waals surface area contributed by atoms with E-state index in [0.717, 1.165) is 25.9 Å². The monoisotopic (exact) mass is 256 g/mol. The van der Waals surface area contributed by atoms with Gasteiger partial charge in [0.1, 0.15) is 6.04 Å². The van der Waals surface area contributed by atoms with Gasteiger partial charge >= 0.3 is 5.97 Å². The van der Waals surface area contributed by atoms with Crippen LogP contribution < -0.4 is 5.32 Å². The third-order valence-corrected chi connectivity index (χ3v) is 3.81. The number of carbonyl (C=O) groups excluding carboxylic acids is 1. The molecule has 2 rings (SSSR count). The first-order chi connectivity index (χ1) is 8.58. The Morgan fingerprint density at radius 1 is 1.39 bits per heavy atom. The van der Waals surface area contributed by atoms with E-state index in [2.05, 4.69) is 5.32 Å². The van der Waals surface area contributed by atoms with Crippen LogP contribution in [0.5, 0.6) is 0 Å². The lowest BCUT2D eigenvalue weighted by atomic mass is 10.0. The smallest absolute Gasteiger partial charge is 0.326 e. The lowest BCUT2D eigenvalue weighted by Gasteiger charge is -2.21. The molecule has 0 spiro atoms. The van der Waals surface area contributed by atoms with Gasteiger partial charge in [-0.05, 0) is 31.8 Å². The van der Waals surface area contributed by atoms with E-state index >= 15 is 0 Å². The van der Waals surface area contributed by atoms with E-state index < -0.39 is 18.1 Å². The standard InChI is InChI=1S/C12H20N2O4/c15-9-5-10(12(17)18)14(7-9)11(16)2-1-8-3-4-13-6-8/h8-10,13,15H,1-7H2,(H,17,18)/t8?,9-,10+/m1/s1. The molecule has 2 saturated heterocycles. The predicted molar refractivity (Wildman–Crippen MR) is 64.0 cm³/mol. The molecule has 0 aromatic rings. The average Bonchev–Trinajstić information content (AvgIpc) is 2.94. The normalized spacial score (nSPS) is 31.8. The van der Waals surface area contributed by atoms with Crippen molar-refractivity contribution in [2.75, 3.05) is 19.6 Å². The van der Waals surface area contributed by atoms with Crippen LogP contribution in [-0.4, -0.2) is 58.8 Å². The summed E-state index contributed by atoms with van der Waals surface area (Å²) in [6.45, 7) is 2.09. The molecule has 3 atom stereocenters. The summed E-state index contributed by atoms with van der Waals surface area (Å²) in [5, 5.41) is 21.7.